The van der Waals surface area contributed by atoms with Crippen LogP contribution in [0.3, 0.4) is 0 Å². The Balaban J connectivity index is 1.26. The summed E-state index contributed by atoms with van der Waals surface area (Å²) in [7, 11) is 5.82. The van der Waals surface area contributed by atoms with E-state index >= 15 is 0 Å². The number of nitrogens with zero attached hydrogens (tertiary/aromatic N) is 2. The fraction of sp³-hybridized carbons (Fsp3) is 0.259. The normalized spacial score (nSPS) is 21.1. The number of hydrogen-bond donors (Lipinski definition) is 2. The van der Waals surface area contributed by atoms with Gasteiger partial charge in [0.15, 0.2) is 0 Å². The van der Waals surface area contributed by atoms with Gasteiger partial charge in [0, 0.05) is 28.4 Å². The Morgan fingerprint density at radius 2 is 2.09 bits per heavy atom. The van der Waals surface area contributed by atoms with Crippen LogP contribution >= 0.6 is 11.3 Å². The summed E-state index contributed by atoms with van der Waals surface area (Å²) in [6, 6.07) is 14.4. The van der Waals surface area contributed by atoms with Crippen molar-refractivity contribution in [1.29, 1.82) is 0 Å². The van der Waals surface area contributed by atoms with E-state index in [9.17, 15) is 4.79 Å². The zero-order valence-corrected chi connectivity index (χ0v) is 20.2. The molecular formula is C27H26N4O2S. The van der Waals surface area contributed by atoms with Crippen molar-refractivity contribution in [2.75, 3.05) is 26.5 Å². The van der Waals surface area contributed by atoms with Crippen LogP contribution in [0.1, 0.15) is 39.6 Å². The molecule has 172 valence electrons. The molecule has 4 aromatic rings. The minimum absolute atomic E-state index is 0.0819. The number of H-pyrrole nitrogens is 1. The number of ether oxygens (including phenoxy) is 1. The maximum absolute atomic E-state index is 13.0. The van der Waals surface area contributed by atoms with E-state index in [-0.39, 0.29) is 11.8 Å². The second-order valence-corrected chi connectivity index (χ2v) is 10.4. The van der Waals surface area contributed by atoms with Crippen LogP contribution in [-0.4, -0.2) is 42.2 Å². The highest BCUT2D eigenvalue weighted by atomic mass is 32.1. The highest BCUT2D eigenvalue weighted by Crippen LogP contribution is 2.65. The molecule has 2 atom stereocenters. The number of benzene rings is 2. The average Bonchev–Trinajstić information content (AvgIpc) is 3.06. The molecule has 3 heterocycles. The number of hydrogen-bond acceptors (Lipinski definition) is 5. The van der Waals surface area contributed by atoms with E-state index in [0.29, 0.717) is 0 Å². The first-order chi connectivity index (χ1) is 16.5. The minimum atomic E-state index is -0.497. The lowest BCUT2D eigenvalue weighted by Crippen LogP contribution is -2.21. The van der Waals surface area contributed by atoms with Crippen molar-refractivity contribution in [1.82, 2.24) is 15.1 Å². The van der Waals surface area contributed by atoms with E-state index in [1.54, 1.807) is 18.4 Å². The van der Waals surface area contributed by atoms with Gasteiger partial charge in [0.05, 0.1) is 23.7 Å². The average molecular weight is 471 g/mol. The number of aromatic nitrogens is 2. The van der Waals surface area contributed by atoms with Crippen molar-refractivity contribution in [3.8, 4) is 5.75 Å². The fourth-order valence-corrected chi connectivity index (χ4v) is 6.13. The molecular weight excluding hydrogens is 444 g/mol. The van der Waals surface area contributed by atoms with Gasteiger partial charge in [-0.15, -0.1) is 11.3 Å². The van der Waals surface area contributed by atoms with Crippen molar-refractivity contribution in [3.63, 3.8) is 0 Å². The molecule has 1 saturated carbocycles. The molecule has 2 aliphatic rings. The first kappa shape index (κ1) is 21.1. The molecule has 1 aliphatic heterocycles. The number of nitrogens with one attached hydrogen (secondary N) is 2. The first-order valence-electron chi connectivity index (χ1n) is 11.4. The van der Waals surface area contributed by atoms with E-state index < -0.39 is 5.41 Å². The summed E-state index contributed by atoms with van der Waals surface area (Å²) in [6.07, 6.45) is 4.98. The van der Waals surface area contributed by atoms with Gasteiger partial charge in [-0.05, 0) is 79.0 Å². The summed E-state index contributed by atoms with van der Waals surface area (Å²) in [5, 5.41) is 14.0. The summed E-state index contributed by atoms with van der Waals surface area (Å²) in [5.41, 5.74) is 5.69. The molecule has 0 bridgehead atoms. The molecule has 1 amide bonds. The van der Waals surface area contributed by atoms with Gasteiger partial charge in [0.1, 0.15) is 5.75 Å². The molecule has 0 radical (unpaired) electrons. The summed E-state index contributed by atoms with van der Waals surface area (Å²) < 4.78 is 5.41. The molecule has 1 spiro atoms. The minimum Gasteiger partial charge on any atom is -0.497 e. The lowest BCUT2D eigenvalue weighted by atomic mass is 9.91. The number of amides is 1. The van der Waals surface area contributed by atoms with Crippen molar-refractivity contribution >= 4 is 46.0 Å². The smallest absolute Gasteiger partial charge is 0.235 e. The van der Waals surface area contributed by atoms with E-state index in [0.717, 1.165) is 52.1 Å². The first-order valence-corrected chi connectivity index (χ1v) is 12.2. The number of aromatic amines is 1. The number of thiophene rings is 1. The SMILES string of the molecule is COc1ccc2c(c1)[C@]1(C[C@H]1c1ccc3c(C=Cc4csc(CN(C)C)c4)n[nH]c3c1)C(=O)N2. The number of carbonyl (C=O) groups excluding carboxylic acids is 1. The topological polar surface area (TPSA) is 70.2 Å². The number of fused-ring (bicyclic) bond motifs is 3. The predicted octanol–water partition coefficient (Wildman–Crippen LogP) is 5.24. The Hall–Kier alpha value is -3.42. The zero-order valence-electron chi connectivity index (χ0n) is 19.4. The molecule has 0 unspecified atom stereocenters. The maximum atomic E-state index is 13.0. The quantitative estimate of drug-likeness (QED) is 0.404. The second-order valence-electron chi connectivity index (χ2n) is 9.43. The fourth-order valence-electron chi connectivity index (χ4n) is 5.16. The molecule has 34 heavy (non-hydrogen) atoms. The van der Waals surface area contributed by atoms with Gasteiger partial charge in [-0.2, -0.15) is 5.10 Å². The monoisotopic (exact) mass is 470 g/mol. The number of methoxy groups -OCH3 is 1. The van der Waals surface area contributed by atoms with Gasteiger partial charge >= 0.3 is 0 Å². The highest BCUT2D eigenvalue weighted by molar-refractivity contribution is 7.10. The van der Waals surface area contributed by atoms with E-state index in [1.807, 2.05) is 18.2 Å². The summed E-state index contributed by atoms with van der Waals surface area (Å²) in [5.74, 6) is 1.01. The molecule has 1 aliphatic carbocycles. The van der Waals surface area contributed by atoms with Gasteiger partial charge in [-0.25, -0.2) is 0 Å². The van der Waals surface area contributed by atoms with Crippen LogP contribution < -0.4 is 10.1 Å². The Labute approximate surface area is 202 Å². The number of rotatable bonds is 6. The molecule has 0 saturated heterocycles. The molecule has 2 N–H and O–H groups in total. The van der Waals surface area contributed by atoms with E-state index in [2.05, 4.69) is 76.3 Å². The van der Waals surface area contributed by atoms with E-state index in [1.165, 1.54) is 10.4 Å². The third-order valence-electron chi connectivity index (χ3n) is 6.92. The third-order valence-corrected chi connectivity index (χ3v) is 7.86. The van der Waals surface area contributed by atoms with Crippen molar-refractivity contribution in [3.05, 3.63) is 75.1 Å². The molecule has 2 aromatic heterocycles. The van der Waals surface area contributed by atoms with Crippen LogP contribution in [0.5, 0.6) is 5.75 Å². The predicted molar refractivity (Wildman–Crippen MR) is 137 cm³/mol. The lowest BCUT2D eigenvalue weighted by Gasteiger charge is -2.10. The van der Waals surface area contributed by atoms with Gasteiger partial charge in [0.2, 0.25) is 5.91 Å². The van der Waals surface area contributed by atoms with Crippen molar-refractivity contribution in [2.24, 2.45) is 0 Å². The Morgan fingerprint density at radius 1 is 1.21 bits per heavy atom. The van der Waals surface area contributed by atoms with Crippen LogP contribution in [-0.2, 0) is 16.8 Å². The molecule has 6 nitrogen and oxygen atoms in total. The summed E-state index contributed by atoms with van der Waals surface area (Å²) in [6.45, 7) is 0.949. The molecule has 7 heteroatoms. The number of carbonyl (C=O) groups is 1. The van der Waals surface area contributed by atoms with Gasteiger partial charge in [0.25, 0.3) is 0 Å². The lowest BCUT2D eigenvalue weighted by molar-refractivity contribution is -0.118. The number of anilines is 1. The summed E-state index contributed by atoms with van der Waals surface area (Å²) in [4.78, 5) is 16.5. The van der Waals surface area contributed by atoms with Crippen LogP contribution in [0.4, 0.5) is 5.69 Å². The van der Waals surface area contributed by atoms with Crippen LogP contribution in [0.25, 0.3) is 23.1 Å². The van der Waals surface area contributed by atoms with Crippen molar-refractivity contribution < 1.29 is 9.53 Å². The van der Waals surface area contributed by atoms with Crippen LogP contribution in [0, 0.1) is 0 Å². The summed E-state index contributed by atoms with van der Waals surface area (Å²) >= 11 is 1.78. The Morgan fingerprint density at radius 3 is 2.91 bits per heavy atom. The highest BCUT2D eigenvalue weighted by Gasteiger charge is 2.65. The van der Waals surface area contributed by atoms with Gasteiger partial charge in [-0.3, -0.25) is 9.89 Å². The second kappa shape index (κ2) is 7.82. The standard InChI is InChI=1S/C27H26N4O2S/c1-31(2)14-19-10-16(15-34-19)4-8-23-20-7-5-17(11-25(20)30-29-23)22-13-27(22)21-12-18(33-3)6-9-24(21)28-26(27)32/h4-12,15,22H,13-14H2,1-3H3,(H,28,32)(H,29,30)/t22-,27-/m0/s1. The maximum Gasteiger partial charge on any atom is 0.235 e. The largest absolute Gasteiger partial charge is 0.497 e. The Bertz CT molecular complexity index is 1450. The van der Waals surface area contributed by atoms with E-state index in [4.69, 9.17) is 4.74 Å². The zero-order chi connectivity index (χ0) is 23.4. The molecule has 6 rings (SSSR count). The third kappa shape index (κ3) is 3.35. The van der Waals surface area contributed by atoms with Crippen LogP contribution in [0.15, 0.2) is 47.8 Å². The molecule has 2 aromatic carbocycles. The van der Waals surface area contributed by atoms with Crippen molar-refractivity contribution in [2.45, 2.75) is 24.3 Å². The molecule has 1 fully saturated rings. The van der Waals surface area contributed by atoms with Crippen LogP contribution in [0.2, 0.25) is 0 Å². The van der Waals surface area contributed by atoms with Gasteiger partial charge < -0.3 is 15.0 Å². The van der Waals surface area contributed by atoms with Gasteiger partial charge in [-0.1, -0.05) is 18.2 Å². The Kier molecular flexibility index (Phi) is 4.86.